The van der Waals surface area contributed by atoms with Crippen molar-refractivity contribution >= 4 is 35.2 Å². The van der Waals surface area contributed by atoms with E-state index in [9.17, 15) is 14.4 Å². The fourth-order valence-electron chi connectivity index (χ4n) is 3.23. The average molecular weight is 378 g/mol. The third-order valence-electron chi connectivity index (χ3n) is 4.76. The number of para-hydroxylation sites is 1. The molecule has 0 aliphatic carbocycles. The Hall–Kier alpha value is -3.68. The molecule has 0 N–H and O–H groups in total. The van der Waals surface area contributed by atoms with Crippen LogP contribution in [0.5, 0.6) is 0 Å². The third kappa shape index (κ3) is 2.88. The molecule has 0 saturated heterocycles. The van der Waals surface area contributed by atoms with Crippen LogP contribution < -0.4 is 9.91 Å². The normalized spacial score (nSPS) is 15.6. The maximum absolute atomic E-state index is 12.6. The van der Waals surface area contributed by atoms with Crippen molar-refractivity contribution in [1.29, 1.82) is 0 Å². The molecule has 8 nitrogen and oxygen atoms in total. The lowest BCUT2D eigenvalue weighted by atomic mass is 10.1. The van der Waals surface area contributed by atoms with Gasteiger partial charge in [-0.05, 0) is 24.3 Å². The van der Waals surface area contributed by atoms with Crippen molar-refractivity contribution in [3.63, 3.8) is 0 Å². The number of hydrogen-bond acceptors (Lipinski definition) is 6. The Balaban J connectivity index is 1.53. The van der Waals surface area contributed by atoms with Gasteiger partial charge in [0.05, 0.1) is 29.0 Å². The Kier molecular flexibility index (Phi) is 4.31. The topological polar surface area (TPSA) is 82.5 Å². The molecule has 2 aliphatic rings. The summed E-state index contributed by atoms with van der Waals surface area (Å²) in [5.41, 5.74) is 1.71. The highest BCUT2D eigenvalue weighted by atomic mass is 16.6. The van der Waals surface area contributed by atoms with Gasteiger partial charge < -0.3 is 4.74 Å². The molecule has 0 atom stereocenters. The van der Waals surface area contributed by atoms with Crippen LogP contribution in [0.4, 0.5) is 16.2 Å². The van der Waals surface area contributed by atoms with Gasteiger partial charge in [0.1, 0.15) is 0 Å². The molecule has 0 saturated carbocycles. The molecule has 0 bridgehead atoms. The molecular weight excluding hydrogens is 360 g/mol. The fraction of sp³-hybridized carbons (Fsp3) is 0.200. The molecular formula is C20H18N4O4. The van der Waals surface area contributed by atoms with E-state index in [1.165, 1.54) is 19.0 Å². The summed E-state index contributed by atoms with van der Waals surface area (Å²) in [7, 11) is 2.91. The SMILES string of the molecule is CN1C(=O)c2cccc(N(C)C(=O)OC3=NN(c4ccccc4)CC3)c2C1=O. The van der Waals surface area contributed by atoms with Crippen molar-refractivity contribution in [3.05, 3.63) is 59.7 Å². The number of hydrogen-bond donors (Lipinski definition) is 0. The minimum absolute atomic E-state index is 0.203. The first-order chi connectivity index (χ1) is 13.5. The first-order valence-electron chi connectivity index (χ1n) is 8.78. The van der Waals surface area contributed by atoms with Crippen molar-refractivity contribution in [3.8, 4) is 0 Å². The molecule has 8 heteroatoms. The van der Waals surface area contributed by atoms with E-state index in [-0.39, 0.29) is 17.0 Å². The van der Waals surface area contributed by atoms with E-state index in [1.54, 1.807) is 23.2 Å². The summed E-state index contributed by atoms with van der Waals surface area (Å²) in [6.07, 6.45) is -0.182. The number of carbonyl (C=O) groups excluding carboxylic acids is 3. The summed E-state index contributed by atoms with van der Waals surface area (Å²) in [4.78, 5) is 39.4. The van der Waals surface area contributed by atoms with Gasteiger partial charge in [0.25, 0.3) is 11.8 Å². The highest BCUT2D eigenvalue weighted by molar-refractivity contribution is 6.24. The molecule has 0 spiro atoms. The van der Waals surface area contributed by atoms with E-state index in [4.69, 9.17) is 4.74 Å². The molecule has 3 amide bonds. The number of ether oxygens (including phenoxy) is 1. The number of fused-ring (bicyclic) bond motifs is 1. The van der Waals surface area contributed by atoms with E-state index in [0.29, 0.717) is 24.6 Å². The Morgan fingerprint density at radius 2 is 1.82 bits per heavy atom. The number of nitrogens with zero attached hydrogens (tertiary/aromatic N) is 4. The van der Waals surface area contributed by atoms with Crippen molar-refractivity contribution in [2.45, 2.75) is 6.42 Å². The summed E-state index contributed by atoms with van der Waals surface area (Å²) >= 11 is 0. The Morgan fingerprint density at radius 1 is 1.07 bits per heavy atom. The number of imide groups is 1. The standard InChI is InChI=1S/C20H18N4O4/c1-22(15-10-6-9-14-17(15)19(26)23(2)18(14)25)20(27)28-16-11-12-24(21-16)13-7-4-3-5-8-13/h3-10H,11-12H2,1-2H3. The lowest BCUT2D eigenvalue weighted by Gasteiger charge is -2.18. The lowest BCUT2D eigenvalue weighted by molar-refractivity contribution is 0.0693. The summed E-state index contributed by atoms with van der Waals surface area (Å²) in [6.45, 7) is 0.606. The summed E-state index contributed by atoms with van der Waals surface area (Å²) in [5, 5.41) is 6.10. The van der Waals surface area contributed by atoms with Crippen LogP contribution in [0.1, 0.15) is 27.1 Å². The number of benzene rings is 2. The van der Waals surface area contributed by atoms with Crippen LogP contribution in [0, 0.1) is 0 Å². The van der Waals surface area contributed by atoms with Gasteiger partial charge in [-0.25, -0.2) is 4.79 Å². The van der Waals surface area contributed by atoms with Crippen LogP contribution in [0.3, 0.4) is 0 Å². The molecule has 2 aromatic carbocycles. The number of amides is 3. The number of hydrazone groups is 1. The van der Waals surface area contributed by atoms with Crippen molar-refractivity contribution < 1.29 is 19.1 Å². The average Bonchev–Trinajstić information content (AvgIpc) is 3.27. The monoisotopic (exact) mass is 378 g/mol. The molecule has 2 aliphatic heterocycles. The largest absolute Gasteiger partial charge is 0.420 e. The predicted molar refractivity (Wildman–Crippen MR) is 104 cm³/mol. The molecule has 0 unspecified atom stereocenters. The van der Waals surface area contributed by atoms with Gasteiger partial charge in [-0.2, -0.15) is 0 Å². The predicted octanol–water partition coefficient (Wildman–Crippen LogP) is 2.71. The zero-order chi connectivity index (χ0) is 19.8. The molecule has 28 heavy (non-hydrogen) atoms. The van der Waals surface area contributed by atoms with Crippen LogP contribution in [-0.2, 0) is 4.74 Å². The molecule has 2 aromatic rings. The fourth-order valence-corrected chi connectivity index (χ4v) is 3.23. The van der Waals surface area contributed by atoms with E-state index in [1.807, 2.05) is 30.3 Å². The second-order valence-electron chi connectivity index (χ2n) is 6.50. The van der Waals surface area contributed by atoms with Crippen LogP contribution in [0.2, 0.25) is 0 Å². The smallest absolute Gasteiger partial charge is 0.393 e. The summed E-state index contributed by atoms with van der Waals surface area (Å²) < 4.78 is 5.41. The van der Waals surface area contributed by atoms with Gasteiger partial charge >= 0.3 is 6.09 Å². The molecule has 0 radical (unpaired) electrons. The van der Waals surface area contributed by atoms with Gasteiger partial charge in [0.15, 0.2) is 0 Å². The molecule has 0 fully saturated rings. The van der Waals surface area contributed by atoms with E-state index >= 15 is 0 Å². The van der Waals surface area contributed by atoms with E-state index in [2.05, 4.69) is 5.10 Å². The van der Waals surface area contributed by atoms with Gasteiger partial charge in [-0.3, -0.25) is 24.4 Å². The molecule has 0 aromatic heterocycles. The first-order valence-corrected chi connectivity index (χ1v) is 8.78. The number of rotatable bonds is 2. The van der Waals surface area contributed by atoms with Crippen molar-refractivity contribution in [2.75, 3.05) is 30.5 Å². The van der Waals surface area contributed by atoms with Gasteiger partial charge in [0.2, 0.25) is 5.90 Å². The molecule has 2 heterocycles. The lowest BCUT2D eigenvalue weighted by Crippen LogP contribution is -2.31. The summed E-state index contributed by atoms with van der Waals surface area (Å²) in [5.74, 6) is -0.529. The molecule has 142 valence electrons. The van der Waals surface area contributed by atoms with Crippen molar-refractivity contribution in [1.82, 2.24) is 4.90 Å². The highest BCUT2D eigenvalue weighted by Crippen LogP contribution is 2.31. The minimum atomic E-state index is -0.670. The zero-order valence-corrected chi connectivity index (χ0v) is 15.5. The quantitative estimate of drug-likeness (QED) is 0.751. The first kappa shape index (κ1) is 17.7. The Labute approximate surface area is 161 Å². The van der Waals surface area contributed by atoms with Crippen molar-refractivity contribution in [2.24, 2.45) is 5.10 Å². The van der Waals surface area contributed by atoms with Crippen LogP contribution in [0.25, 0.3) is 0 Å². The number of carbonyl (C=O) groups is 3. The second-order valence-corrected chi connectivity index (χ2v) is 6.50. The van der Waals surface area contributed by atoms with Gasteiger partial charge in [-0.15, -0.1) is 5.10 Å². The third-order valence-corrected chi connectivity index (χ3v) is 4.76. The van der Waals surface area contributed by atoms with E-state index in [0.717, 1.165) is 10.6 Å². The Morgan fingerprint density at radius 3 is 2.57 bits per heavy atom. The highest BCUT2D eigenvalue weighted by Gasteiger charge is 2.36. The van der Waals surface area contributed by atoms with Crippen LogP contribution in [0.15, 0.2) is 53.6 Å². The maximum atomic E-state index is 12.6. The van der Waals surface area contributed by atoms with Crippen LogP contribution >= 0.6 is 0 Å². The van der Waals surface area contributed by atoms with Gasteiger partial charge in [-0.1, -0.05) is 24.3 Å². The van der Waals surface area contributed by atoms with E-state index < -0.39 is 12.0 Å². The number of anilines is 2. The van der Waals surface area contributed by atoms with Gasteiger partial charge in [0, 0.05) is 20.5 Å². The Bertz CT molecular complexity index is 1000. The maximum Gasteiger partial charge on any atom is 0.420 e. The zero-order valence-electron chi connectivity index (χ0n) is 15.5. The summed E-state index contributed by atoms with van der Waals surface area (Å²) in [6, 6.07) is 14.4. The second kappa shape index (κ2) is 6.80. The minimum Gasteiger partial charge on any atom is -0.393 e. The van der Waals surface area contributed by atoms with Crippen LogP contribution in [-0.4, -0.2) is 49.3 Å². The molecule has 4 rings (SSSR count).